The molecule has 2 heteroatoms. The van der Waals surface area contributed by atoms with Gasteiger partial charge in [0.05, 0.1) is 0 Å². The van der Waals surface area contributed by atoms with Crippen LogP contribution < -0.4 is 5.32 Å². The molecule has 3 fully saturated rings. The highest BCUT2D eigenvalue weighted by Gasteiger charge is 2.45. The Labute approximate surface area is 113 Å². The van der Waals surface area contributed by atoms with E-state index < -0.39 is 0 Å². The highest BCUT2D eigenvalue weighted by atomic mass is 15.2. The molecule has 0 aromatic rings. The monoisotopic (exact) mass is 250 g/mol. The summed E-state index contributed by atoms with van der Waals surface area (Å²) in [6.45, 7) is 8.74. The fourth-order valence-electron chi connectivity index (χ4n) is 4.33. The first-order chi connectivity index (χ1) is 8.69. The zero-order valence-electron chi connectivity index (χ0n) is 12.3. The van der Waals surface area contributed by atoms with Crippen molar-refractivity contribution in [1.82, 2.24) is 10.2 Å². The minimum Gasteiger partial charge on any atom is -0.309 e. The molecule has 1 heterocycles. The summed E-state index contributed by atoms with van der Waals surface area (Å²) < 4.78 is 0. The van der Waals surface area contributed by atoms with Crippen LogP contribution >= 0.6 is 0 Å². The maximum Gasteiger partial charge on any atom is 0.0309 e. The van der Waals surface area contributed by atoms with Gasteiger partial charge in [0.2, 0.25) is 0 Å². The zero-order valence-corrected chi connectivity index (χ0v) is 12.3. The SMILES string of the molecule is CC1CCCCCC1N1CCNC(C)(C2CC2)C1. The molecule has 1 N–H and O–H groups in total. The summed E-state index contributed by atoms with van der Waals surface area (Å²) in [6.07, 6.45) is 10.2. The maximum absolute atomic E-state index is 3.82. The van der Waals surface area contributed by atoms with E-state index >= 15 is 0 Å². The van der Waals surface area contributed by atoms with Crippen LogP contribution in [0.1, 0.15) is 58.8 Å². The minimum absolute atomic E-state index is 0.421. The number of nitrogens with zero attached hydrogens (tertiary/aromatic N) is 1. The van der Waals surface area contributed by atoms with Gasteiger partial charge in [-0.05, 0) is 44.4 Å². The van der Waals surface area contributed by atoms with Crippen LogP contribution in [0.4, 0.5) is 0 Å². The van der Waals surface area contributed by atoms with E-state index in [-0.39, 0.29) is 0 Å². The number of nitrogens with one attached hydrogen (secondary N) is 1. The van der Waals surface area contributed by atoms with Gasteiger partial charge in [-0.15, -0.1) is 0 Å². The summed E-state index contributed by atoms with van der Waals surface area (Å²) in [4.78, 5) is 2.84. The van der Waals surface area contributed by atoms with E-state index in [1.807, 2.05) is 0 Å². The van der Waals surface area contributed by atoms with Crippen molar-refractivity contribution in [1.29, 1.82) is 0 Å². The first-order valence-corrected chi connectivity index (χ1v) is 8.18. The molecule has 0 aromatic carbocycles. The van der Waals surface area contributed by atoms with Crippen LogP contribution in [0, 0.1) is 11.8 Å². The molecular formula is C16H30N2. The summed E-state index contributed by atoms with van der Waals surface area (Å²) in [7, 11) is 0. The minimum atomic E-state index is 0.421. The zero-order chi connectivity index (χ0) is 12.6. The van der Waals surface area contributed by atoms with Crippen LogP contribution in [0.15, 0.2) is 0 Å². The molecule has 2 saturated carbocycles. The van der Waals surface area contributed by atoms with E-state index in [1.165, 1.54) is 64.6 Å². The van der Waals surface area contributed by atoms with Gasteiger partial charge in [-0.25, -0.2) is 0 Å². The molecule has 0 radical (unpaired) electrons. The standard InChI is InChI=1S/C16H30N2/c1-13-6-4-3-5-7-15(13)18-11-10-17-16(2,12-18)14-8-9-14/h13-15,17H,3-12H2,1-2H3. The Kier molecular flexibility index (Phi) is 3.68. The van der Waals surface area contributed by atoms with Gasteiger partial charge in [0, 0.05) is 31.2 Å². The van der Waals surface area contributed by atoms with Gasteiger partial charge in [-0.1, -0.05) is 26.2 Å². The Morgan fingerprint density at radius 1 is 1.06 bits per heavy atom. The van der Waals surface area contributed by atoms with Crippen molar-refractivity contribution in [2.75, 3.05) is 19.6 Å². The van der Waals surface area contributed by atoms with E-state index in [9.17, 15) is 0 Å². The Morgan fingerprint density at radius 3 is 2.61 bits per heavy atom. The first kappa shape index (κ1) is 12.9. The van der Waals surface area contributed by atoms with Crippen LogP contribution in [0.3, 0.4) is 0 Å². The third-order valence-corrected chi connectivity index (χ3v) is 5.72. The predicted molar refractivity (Wildman–Crippen MR) is 76.7 cm³/mol. The topological polar surface area (TPSA) is 15.3 Å². The molecule has 0 bridgehead atoms. The van der Waals surface area contributed by atoms with E-state index in [4.69, 9.17) is 0 Å². The quantitative estimate of drug-likeness (QED) is 0.758. The Hall–Kier alpha value is -0.0800. The van der Waals surface area contributed by atoms with Crippen LogP contribution in [0.25, 0.3) is 0 Å². The number of piperazine rings is 1. The molecular weight excluding hydrogens is 220 g/mol. The van der Waals surface area contributed by atoms with Gasteiger partial charge in [0.1, 0.15) is 0 Å². The normalized spacial score (nSPS) is 43.7. The third kappa shape index (κ3) is 2.60. The lowest BCUT2D eigenvalue weighted by Gasteiger charge is -2.46. The summed E-state index contributed by atoms with van der Waals surface area (Å²) in [5.41, 5.74) is 0.421. The molecule has 2 aliphatic carbocycles. The predicted octanol–water partition coefficient (Wildman–Crippen LogP) is 3.03. The van der Waals surface area contributed by atoms with Gasteiger partial charge in [0.25, 0.3) is 0 Å². The van der Waals surface area contributed by atoms with Gasteiger partial charge in [-0.3, -0.25) is 4.90 Å². The van der Waals surface area contributed by atoms with Crippen molar-refractivity contribution in [3.05, 3.63) is 0 Å². The van der Waals surface area contributed by atoms with E-state index in [0.717, 1.165) is 17.9 Å². The molecule has 0 aromatic heterocycles. The van der Waals surface area contributed by atoms with Crippen molar-refractivity contribution >= 4 is 0 Å². The summed E-state index contributed by atoms with van der Waals surface area (Å²) in [5.74, 6) is 1.87. The highest BCUT2D eigenvalue weighted by molar-refractivity contribution is 5.03. The van der Waals surface area contributed by atoms with Crippen molar-refractivity contribution in [2.24, 2.45) is 11.8 Å². The lowest BCUT2D eigenvalue weighted by molar-refractivity contribution is 0.0611. The number of rotatable bonds is 2. The summed E-state index contributed by atoms with van der Waals surface area (Å²) in [6, 6.07) is 0.868. The summed E-state index contributed by atoms with van der Waals surface area (Å²) >= 11 is 0. The fraction of sp³-hybridized carbons (Fsp3) is 1.00. The van der Waals surface area contributed by atoms with Crippen molar-refractivity contribution in [3.8, 4) is 0 Å². The van der Waals surface area contributed by atoms with Crippen molar-refractivity contribution in [3.63, 3.8) is 0 Å². The molecule has 1 aliphatic heterocycles. The molecule has 18 heavy (non-hydrogen) atoms. The van der Waals surface area contributed by atoms with Gasteiger partial charge in [-0.2, -0.15) is 0 Å². The largest absolute Gasteiger partial charge is 0.309 e. The second kappa shape index (κ2) is 5.13. The molecule has 104 valence electrons. The van der Waals surface area contributed by atoms with Crippen molar-refractivity contribution in [2.45, 2.75) is 70.4 Å². The molecule has 2 nitrogen and oxygen atoms in total. The lowest BCUT2D eigenvalue weighted by Crippen LogP contribution is -2.62. The Morgan fingerprint density at radius 2 is 1.83 bits per heavy atom. The van der Waals surface area contributed by atoms with E-state index in [2.05, 4.69) is 24.1 Å². The maximum atomic E-state index is 3.82. The van der Waals surface area contributed by atoms with E-state index in [0.29, 0.717) is 5.54 Å². The molecule has 3 rings (SSSR count). The average molecular weight is 250 g/mol. The van der Waals surface area contributed by atoms with Gasteiger partial charge >= 0.3 is 0 Å². The second-order valence-electron chi connectivity index (χ2n) is 7.27. The average Bonchev–Trinajstić information content (AvgIpc) is 3.16. The van der Waals surface area contributed by atoms with Crippen LogP contribution in [0.5, 0.6) is 0 Å². The van der Waals surface area contributed by atoms with Crippen LogP contribution in [-0.2, 0) is 0 Å². The smallest absolute Gasteiger partial charge is 0.0309 e. The Balaban J connectivity index is 1.66. The first-order valence-electron chi connectivity index (χ1n) is 8.18. The molecule has 3 atom stereocenters. The van der Waals surface area contributed by atoms with Crippen LogP contribution in [-0.4, -0.2) is 36.1 Å². The molecule has 0 spiro atoms. The number of hydrogen-bond donors (Lipinski definition) is 1. The highest BCUT2D eigenvalue weighted by Crippen LogP contribution is 2.41. The van der Waals surface area contributed by atoms with Gasteiger partial charge in [0.15, 0.2) is 0 Å². The molecule has 3 unspecified atom stereocenters. The molecule has 1 saturated heterocycles. The summed E-state index contributed by atoms with van der Waals surface area (Å²) in [5, 5.41) is 3.82. The second-order valence-corrected chi connectivity index (χ2v) is 7.27. The van der Waals surface area contributed by atoms with Crippen LogP contribution in [0.2, 0.25) is 0 Å². The lowest BCUT2D eigenvalue weighted by atomic mass is 9.88. The Bertz CT molecular complexity index is 287. The molecule has 0 amide bonds. The fourth-order valence-corrected chi connectivity index (χ4v) is 4.33. The van der Waals surface area contributed by atoms with Gasteiger partial charge < -0.3 is 5.32 Å². The van der Waals surface area contributed by atoms with E-state index in [1.54, 1.807) is 0 Å². The number of hydrogen-bond acceptors (Lipinski definition) is 2. The molecule has 3 aliphatic rings. The third-order valence-electron chi connectivity index (χ3n) is 5.72. The van der Waals surface area contributed by atoms with Crippen molar-refractivity contribution < 1.29 is 0 Å².